The molecule has 1 aliphatic heterocycles. The number of likely N-dealkylation sites (tertiary alicyclic amines) is 1. The van der Waals surface area contributed by atoms with Crippen LogP contribution in [-0.2, 0) is 12.7 Å². The van der Waals surface area contributed by atoms with E-state index < -0.39 is 35.8 Å². The first-order valence-corrected chi connectivity index (χ1v) is 16.7. The standard InChI is InChI=1S/C36H40F3N5O3S/c1-22-21-48-34(41-22)30-14-9-15-44(30)35(47)27-17-26(18-29(19-27)43(3)4)33(46)42-23(2)32(45)31(25-11-6-5-7-12-25)40-20-24-10-8-13-28(16-24)36(37,38)39/h5-8,10-13,16-19,21,23,30-32,40,45H,9,14-15,20H2,1-4H3,(H,42,46). The smallest absolute Gasteiger partial charge is 0.389 e. The van der Waals surface area contributed by atoms with Gasteiger partial charge in [0.05, 0.1) is 29.8 Å². The number of aliphatic hydroxyl groups excluding tert-OH is 1. The Morgan fingerprint density at radius 1 is 1.06 bits per heavy atom. The summed E-state index contributed by atoms with van der Waals surface area (Å²) in [6.45, 7) is 4.24. The van der Waals surface area contributed by atoms with E-state index in [1.807, 2.05) is 42.3 Å². The SMILES string of the molecule is Cc1csc(C2CCCN2C(=O)c2cc(C(=O)NC(C)C(O)C(NCc3cccc(C(F)(F)F)c3)c3ccccc3)cc(N(C)C)c2)n1. The zero-order chi connectivity index (χ0) is 34.6. The molecule has 1 aliphatic rings. The summed E-state index contributed by atoms with van der Waals surface area (Å²) < 4.78 is 39.9. The summed E-state index contributed by atoms with van der Waals surface area (Å²) in [6.07, 6.45) is -3.96. The number of alkyl halides is 3. The maximum absolute atomic E-state index is 13.9. The van der Waals surface area contributed by atoms with Crippen molar-refractivity contribution in [1.82, 2.24) is 20.5 Å². The van der Waals surface area contributed by atoms with E-state index in [0.717, 1.165) is 35.7 Å². The van der Waals surface area contributed by atoms with E-state index in [9.17, 15) is 27.9 Å². The summed E-state index contributed by atoms with van der Waals surface area (Å²) >= 11 is 1.54. The van der Waals surface area contributed by atoms with Crippen molar-refractivity contribution < 1.29 is 27.9 Å². The molecule has 254 valence electrons. The first-order chi connectivity index (χ1) is 22.8. The Kier molecular flexibility index (Phi) is 10.9. The lowest BCUT2D eigenvalue weighted by molar-refractivity contribution is -0.137. The molecule has 0 saturated carbocycles. The van der Waals surface area contributed by atoms with E-state index in [2.05, 4.69) is 15.6 Å². The van der Waals surface area contributed by atoms with Crippen molar-refractivity contribution in [1.29, 1.82) is 0 Å². The van der Waals surface area contributed by atoms with Crippen LogP contribution < -0.4 is 15.5 Å². The number of hydrogen-bond acceptors (Lipinski definition) is 7. The highest BCUT2D eigenvalue weighted by Crippen LogP contribution is 2.35. The average molecular weight is 680 g/mol. The third-order valence-electron chi connectivity index (χ3n) is 8.53. The topological polar surface area (TPSA) is 97.8 Å². The van der Waals surface area contributed by atoms with E-state index in [1.54, 1.807) is 66.8 Å². The molecule has 3 N–H and O–H groups in total. The van der Waals surface area contributed by atoms with Crippen molar-refractivity contribution >= 4 is 28.8 Å². The van der Waals surface area contributed by atoms with Crippen LogP contribution in [0.15, 0.2) is 78.2 Å². The number of carbonyl (C=O) groups is 2. The summed E-state index contributed by atoms with van der Waals surface area (Å²) in [7, 11) is 3.66. The van der Waals surface area contributed by atoms with Gasteiger partial charge in [0.15, 0.2) is 0 Å². The van der Waals surface area contributed by atoms with Crippen molar-refractivity contribution in [2.24, 2.45) is 0 Å². The number of aromatic nitrogens is 1. The fourth-order valence-electron chi connectivity index (χ4n) is 5.93. The third kappa shape index (κ3) is 8.23. The second kappa shape index (κ2) is 14.9. The highest BCUT2D eigenvalue weighted by Gasteiger charge is 2.34. The van der Waals surface area contributed by atoms with Crippen LogP contribution in [0.4, 0.5) is 18.9 Å². The van der Waals surface area contributed by atoms with Crippen molar-refractivity contribution in [3.63, 3.8) is 0 Å². The predicted molar refractivity (Wildman–Crippen MR) is 181 cm³/mol. The van der Waals surface area contributed by atoms with Gasteiger partial charge in [0.25, 0.3) is 11.8 Å². The Morgan fingerprint density at radius 3 is 2.46 bits per heavy atom. The lowest BCUT2D eigenvalue weighted by atomic mass is 9.96. The Hall–Kier alpha value is -4.26. The van der Waals surface area contributed by atoms with Gasteiger partial charge in [-0.05, 0) is 62.1 Å². The quantitative estimate of drug-likeness (QED) is 0.167. The predicted octanol–water partition coefficient (Wildman–Crippen LogP) is 6.52. The van der Waals surface area contributed by atoms with Gasteiger partial charge in [0.2, 0.25) is 0 Å². The molecule has 0 bridgehead atoms. The minimum Gasteiger partial charge on any atom is -0.389 e. The number of nitrogens with zero attached hydrogens (tertiary/aromatic N) is 3. The van der Waals surface area contributed by atoms with E-state index >= 15 is 0 Å². The number of hydrogen-bond donors (Lipinski definition) is 3. The van der Waals surface area contributed by atoms with Crippen LogP contribution in [0.3, 0.4) is 0 Å². The Morgan fingerprint density at radius 2 is 1.79 bits per heavy atom. The number of carbonyl (C=O) groups excluding carboxylic acids is 2. The van der Waals surface area contributed by atoms with E-state index in [0.29, 0.717) is 28.9 Å². The number of anilines is 1. The average Bonchev–Trinajstić information content (AvgIpc) is 3.73. The number of aliphatic hydroxyl groups is 1. The van der Waals surface area contributed by atoms with Crippen LogP contribution in [0.2, 0.25) is 0 Å². The zero-order valence-electron chi connectivity index (χ0n) is 27.3. The lowest BCUT2D eigenvalue weighted by Gasteiger charge is -2.30. The summed E-state index contributed by atoms with van der Waals surface area (Å²) in [4.78, 5) is 35.8. The summed E-state index contributed by atoms with van der Waals surface area (Å²) in [6, 6.07) is 17.5. The van der Waals surface area contributed by atoms with Gasteiger partial charge in [-0.3, -0.25) is 9.59 Å². The molecule has 5 rings (SSSR count). The maximum Gasteiger partial charge on any atom is 0.416 e. The van der Waals surface area contributed by atoms with Crippen LogP contribution in [0.25, 0.3) is 0 Å². The molecule has 1 fully saturated rings. The largest absolute Gasteiger partial charge is 0.416 e. The molecule has 1 aromatic heterocycles. The molecule has 4 aromatic rings. The fraction of sp³-hybridized carbons (Fsp3) is 0.361. The van der Waals surface area contributed by atoms with Gasteiger partial charge in [0, 0.05) is 55.1 Å². The van der Waals surface area contributed by atoms with Gasteiger partial charge >= 0.3 is 6.18 Å². The molecule has 8 nitrogen and oxygen atoms in total. The highest BCUT2D eigenvalue weighted by atomic mass is 32.1. The van der Waals surface area contributed by atoms with E-state index in [1.165, 1.54) is 6.07 Å². The molecule has 48 heavy (non-hydrogen) atoms. The maximum atomic E-state index is 13.9. The first kappa shape index (κ1) is 35.1. The van der Waals surface area contributed by atoms with E-state index in [-0.39, 0.29) is 24.1 Å². The molecule has 4 atom stereocenters. The molecular weight excluding hydrogens is 639 g/mol. The van der Waals surface area contributed by atoms with Crippen LogP contribution >= 0.6 is 11.3 Å². The van der Waals surface area contributed by atoms with Gasteiger partial charge in [-0.15, -0.1) is 11.3 Å². The van der Waals surface area contributed by atoms with Gasteiger partial charge in [-0.25, -0.2) is 4.98 Å². The Bertz CT molecular complexity index is 1730. The van der Waals surface area contributed by atoms with Crippen molar-refractivity contribution in [2.45, 2.75) is 63.6 Å². The second-order valence-corrected chi connectivity index (χ2v) is 13.3. The molecule has 0 radical (unpaired) electrons. The Balaban J connectivity index is 1.34. The molecule has 4 unspecified atom stereocenters. The van der Waals surface area contributed by atoms with Crippen LogP contribution in [-0.4, -0.2) is 59.6 Å². The number of amides is 2. The summed E-state index contributed by atoms with van der Waals surface area (Å²) in [5.41, 5.74) is 2.58. The number of thiazole rings is 1. The minimum absolute atomic E-state index is 0.0512. The van der Waals surface area contributed by atoms with Crippen LogP contribution in [0.1, 0.15) is 80.0 Å². The van der Waals surface area contributed by atoms with Gasteiger partial charge in [-0.1, -0.05) is 48.5 Å². The number of aryl methyl sites for hydroxylation is 1. The normalized spacial score (nSPS) is 16.8. The molecule has 0 aliphatic carbocycles. The second-order valence-electron chi connectivity index (χ2n) is 12.4. The van der Waals surface area contributed by atoms with Gasteiger partial charge < -0.3 is 25.5 Å². The van der Waals surface area contributed by atoms with Gasteiger partial charge in [0.1, 0.15) is 5.01 Å². The molecule has 1 saturated heterocycles. The van der Waals surface area contributed by atoms with Crippen molar-refractivity contribution in [3.8, 4) is 0 Å². The van der Waals surface area contributed by atoms with Crippen molar-refractivity contribution in [2.75, 3.05) is 25.5 Å². The monoisotopic (exact) mass is 679 g/mol. The Labute approximate surface area is 282 Å². The molecule has 3 aromatic carbocycles. The third-order valence-corrected chi connectivity index (χ3v) is 9.59. The molecule has 12 heteroatoms. The van der Waals surface area contributed by atoms with Gasteiger partial charge in [-0.2, -0.15) is 13.2 Å². The number of nitrogens with one attached hydrogen (secondary N) is 2. The minimum atomic E-state index is -4.47. The summed E-state index contributed by atoms with van der Waals surface area (Å²) in [5.74, 6) is -0.656. The lowest BCUT2D eigenvalue weighted by Crippen LogP contribution is -2.47. The molecule has 2 amide bonds. The fourth-order valence-corrected chi connectivity index (χ4v) is 6.87. The van der Waals surface area contributed by atoms with Crippen molar-refractivity contribution in [3.05, 3.63) is 117 Å². The molecule has 2 heterocycles. The van der Waals surface area contributed by atoms with Crippen LogP contribution in [0, 0.1) is 6.92 Å². The number of halogens is 3. The molecular formula is C36H40F3N5O3S. The molecule has 0 spiro atoms. The van der Waals surface area contributed by atoms with Crippen LogP contribution in [0.5, 0.6) is 0 Å². The first-order valence-electron chi connectivity index (χ1n) is 15.8. The number of rotatable bonds is 11. The highest BCUT2D eigenvalue weighted by molar-refractivity contribution is 7.09. The zero-order valence-corrected chi connectivity index (χ0v) is 28.1. The van der Waals surface area contributed by atoms with E-state index in [4.69, 9.17) is 0 Å². The number of benzene rings is 3. The summed E-state index contributed by atoms with van der Waals surface area (Å²) in [5, 5.41) is 20.5.